The molecule has 1 aliphatic rings. The van der Waals surface area contributed by atoms with Gasteiger partial charge in [-0.05, 0) is 57.9 Å². The van der Waals surface area contributed by atoms with Crippen LogP contribution in [0, 0.1) is 11.8 Å². The van der Waals surface area contributed by atoms with Crippen LogP contribution >= 0.6 is 0 Å². The molecule has 6 nitrogen and oxygen atoms in total. The van der Waals surface area contributed by atoms with E-state index in [9.17, 15) is 19.8 Å². The van der Waals surface area contributed by atoms with E-state index < -0.39 is 12.2 Å². The molecule has 0 unspecified atom stereocenters. The van der Waals surface area contributed by atoms with Crippen molar-refractivity contribution in [3.05, 3.63) is 24.3 Å². The molecule has 0 aliphatic heterocycles. The van der Waals surface area contributed by atoms with Crippen molar-refractivity contribution in [3.63, 3.8) is 0 Å². The van der Waals surface area contributed by atoms with E-state index >= 15 is 0 Å². The topological polar surface area (TPSA) is 93.1 Å². The van der Waals surface area contributed by atoms with E-state index in [1.807, 2.05) is 38.2 Å². The Balaban J connectivity index is 2.60. The van der Waals surface area contributed by atoms with Crippen molar-refractivity contribution in [1.29, 1.82) is 0 Å². The molecule has 0 spiro atoms. The maximum absolute atomic E-state index is 11.8. The SMILES string of the molecule is CCCCC[C@@H](/C=C/[C@@H]1[C@@H](C/C=C\CCCC(=O)OC(C)C)[C@@H](O)C[C@@H]1O)OC(=O)CC. The molecule has 184 valence electrons. The highest BCUT2D eigenvalue weighted by molar-refractivity contribution is 5.69. The predicted octanol–water partition coefficient (Wildman–Crippen LogP) is 4.87. The number of aliphatic hydroxyl groups is 2. The number of aliphatic hydroxyl groups excluding tert-OH is 2. The zero-order valence-corrected chi connectivity index (χ0v) is 20.4. The molecule has 0 aromatic rings. The van der Waals surface area contributed by atoms with Gasteiger partial charge in [0.15, 0.2) is 0 Å². The largest absolute Gasteiger partial charge is 0.463 e. The third-order valence-electron chi connectivity index (χ3n) is 5.82. The molecule has 0 aromatic heterocycles. The van der Waals surface area contributed by atoms with Gasteiger partial charge >= 0.3 is 11.9 Å². The van der Waals surface area contributed by atoms with Crippen LogP contribution in [0.25, 0.3) is 0 Å². The Morgan fingerprint density at radius 3 is 2.41 bits per heavy atom. The molecule has 1 saturated carbocycles. The van der Waals surface area contributed by atoms with Crippen molar-refractivity contribution >= 4 is 11.9 Å². The second-order valence-corrected chi connectivity index (χ2v) is 9.01. The second-order valence-electron chi connectivity index (χ2n) is 9.01. The number of unbranched alkanes of at least 4 members (excludes halogenated alkanes) is 3. The molecule has 0 saturated heterocycles. The summed E-state index contributed by atoms with van der Waals surface area (Å²) in [5.74, 6) is -0.656. The minimum atomic E-state index is -0.608. The van der Waals surface area contributed by atoms with E-state index in [4.69, 9.17) is 9.47 Å². The average molecular weight is 453 g/mol. The molecule has 0 heterocycles. The summed E-state index contributed by atoms with van der Waals surface area (Å²) in [6, 6.07) is 0. The van der Waals surface area contributed by atoms with Gasteiger partial charge in [0.2, 0.25) is 0 Å². The summed E-state index contributed by atoms with van der Waals surface area (Å²) in [7, 11) is 0. The quantitative estimate of drug-likeness (QED) is 0.209. The zero-order valence-electron chi connectivity index (χ0n) is 20.4. The lowest BCUT2D eigenvalue weighted by molar-refractivity contribution is -0.148. The van der Waals surface area contributed by atoms with Crippen molar-refractivity contribution in [3.8, 4) is 0 Å². The first-order valence-electron chi connectivity index (χ1n) is 12.4. The fourth-order valence-corrected chi connectivity index (χ4v) is 4.06. The first-order chi connectivity index (χ1) is 15.3. The summed E-state index contributed by atoms with van der Waals surface area (Å²) < 4.78 is 10.7. The fraction of sp³-hybridized carbons (Fsp3) is 0.769. The third kappa shape index (κ3) is 11.3. The maximum atomic E-state index is 11.8. The summed E-state index contributed by atoms with van der Waals surface area (Å²) >= 11 is 0. The third-order valence-corrected chi connectivity index (χ3v) is 5.82. The van der Waals surface area contributed by atoms with E-state index in [2.05, 4.69) is 6.92 Å². The molecule has 0 bridgehead atoms. The molecular weight excluding hydrogens is 408 g/mol. The molecule has 0 aromatic carbocycles. The van der Waals surface area contributed by atoms with Gasteiger partial charge in [0, 0.05) is 25.2 Å². The van der Waals surface area contributed by atoms with Gasteiger partial charge in [-0.3, -0.25) is 9.59 Å². The smallest absolute Gasteiger partial charge is 0.306 e. The molecule has 32 heavy (non-hydrogen) atoms. The standard InChI is InChI=1S/C26H44O6/c1-5-7-10-13-20(32-25(29)6-2)16-17-22-21(23(27)18-24(22)28)14-11-8-9-12-15-26(30)31-19(3)4/h8,11,16-17,19-24,27-28H,5-7,9-10,12-15,18H2,1-4H3/b11-8-,17-16+/t20-,21+,22+,23-,24-/m0/s1. The zero-order chi connectivity index (χ0) is 23.9. The lowest BCUT2D eigenvalue weighted by Crippen LogP contribution is -2.21. The van der Waals surface area contributed by atoms with Crippen LogP contribution in [-0.4, -0.2) is 46.6 Å². The lowest BCUT2D eigenvalue weighted by Gasteiger charge is -2.20. The van der Waals surface area contributed by atoms with Crippen LogP contribution in [0.3, 0.4) is 0 Å². The molecule has 1 aliphatic carbocycles. The maximum Gasteiger partial charge on any atom is 0.306 e. The van der Waals surface area contributed by atoms with Gasteiger partial charge in [-0.25, -0.2) is 0 Å². The van der Waals surface area contributed by atoms with Crippen LogP contribution in [0.1, 0.15) is 91.9 Å². The number of ether oxygens (including phenoxy) is 2. The average Bonchev–Trinajstić information content (AvgIpc) is 3.00. The molecule has 6 heteroatoms. The molecule has 0 amide bonds. The van der Waals surface area contributed by atoms with Crippen LogP contribution < -0.4 is 0 Å². The molecule has 1 rings (SSSR count). The van der Waals surface area contributed by atoms with Crippen molar-refractivity contribution in [2.45, 2.75) is 116 Å². The van der Waals surface area contributed by atoms with Gasteiger partial charge < -0.3 is 19.7 Å². The van der Waals surface area contributed by atoms with Crippen molar-refractivity contribution in [1.82, 2.24) is 0 Å². The Morgan fingerprint density at radius 1 is 1.00 bits per heavy atom. The van der Waals surface area contributed by atoms with Gasteiger partial charge in [-0.15, -0.1) is 0 Å². The second kappa shape index (κ2) is 16.0. The van der Waals surface area contributed by atoms with Gasteiger partial charge in [-0.1, -0.05) is 44.9 Å². The van der Waals surface area contributed by atoms with Crippen molar-refractivity contribution in [2.24, 2.45) is 11.8 Å². The van der Waals surface area contributed by atoms with Crippen LogP contribution in [0.5, 0.6) is 0 Å². The minimum absolute atomic E-state index is 0.0819. The first-order valence-corrected chi connectivity index (χ1v) is 12.4. The number of carbonyl (C=O) groups excluding carboxylic acids is 2. The number of rotatable bonds is 15. The van der Waals surface area contributed by atoms with Crippen LogP contribution in [-0.2, 0) is 19.1 Å². The summed E-state index contributed by atoms with van der Waals surface area (Å²) in [5.41, 5.74) is 0. The van der Waals surface area contributed by atoms with E-state index in [0.717, 1.165) is 38.5 Å². The Bertz CT molecular complexity index is 597. The van der Waals surface area contributed by atoms with Gasteiger partial charge in [0.1, 0.15) is 6.10 Å². The number of esters is 2. The van der Waals surface area contributed by atoms with Crippen LogP contribution in [0.2, 0.25) is 0 Å². The molecular formula is C26H44O6. The minimum Gasteiger partial charge on any atom is -0.463 e. The van der Waals surface area contributed by atoms with Crippen LogP contribution in [0.4, 0.5) is 0 Å². The number of carbonyl (C=O) groups is 2. The van der Waals surface area contributed by atoms with Gasteiger partial charge in [-0.2, -0.15) is 0 Å². The molecule has 2 N–H and O–H groups in total. The van der Waals surface area contributed by atoms with Crippen molar-refractivity contribution in [2.75, 3.05) is 0 Å². The highest BCUT2D eigenvalue weighted by Gasteiger charge is 2.39. The number of hydrogen-bond donors (Lipinski definition) is 2. The Labute approximate surface area is 194 Å². The number of allylic oxidation sites excluding steroid dienone is 2. The Kier molecular flexibility index (Phi) is 14.2. The summed E-state index contributed by atoms with van der Waals surface area (Å²) in [6.07, 6.45) is 13.5. The monoisotopic (exact) mass is 452 g/mol. The molecule has 1 fully saturated rings. The van der Waals surface area contributed by atoms with Gasteiger partial charge in [0.05, 0.1) is 18.3 Å². The summed E-state index contributed by atoms with van der Waals surface area (Å²) in [6.45, 7) is 7.59. The highest BCUT2D eigenvalue weighted by Crippen LogP contribution is 2.36. The van der Waals surface area contributed by atoms with E-state index in [1.165, 1.54) is 0 Å². The number of hydrogen-bond acceptors (Lipinski definition) is 6. The molecule has 5 atom stereocenters. The van der Waals surface area contributed by atoms with Crippen molar-refractivity contribution < 1.29 is 29.3 Å². The lowest BCUT2D eigenvalue weighted by atomic mass is 9.89. The Hall–Kier alpha value is -1.66. The van der Waals surface area contributed by atoms with E-state index in [1.54, 1.807) is 6.92 Å². The Morgan fingerprint density at radius 2 is 1.75 bits per heavy atom. The summed E-state index contributed by atoms with van der Waals surface area (Å²) in [5, 5.41) is 20.9. The van der Waals surface area contributed by atoms with Gasteiger partial charge in [0.25, 0.3) is 0 Å². The summed E-state index contributed by atoms with van der Waals surface area (Å²) in [4.78, 5) is 23.3. The normalized spacial score (nSPS) is 24.5. The van der Waals surface area contributed by atoms with E-state index in [0.29, 0.717) is 25.7 Å². The molecule has 0 radical (unpaired) electrons. The van der Waals surface area contributed by atoms with E-state index in [-0.39, 0.29) is 36.0 Å². The first kappa shape index (κ1) is 28.4. The highest BCUT2D eigenvalue weighted by atomic mass is 16.5. The fourth-order valence-electron chi connectivity index (χ4n) is 4.06. The predicted molar refractivity (Wildman–Crippen MR) is 126 cm³/mol. The van der Waals surface area contributed by atoms with Crippen LogP contribution in [0.15, 0.2) is 24.3 Å².